The molecule has 23 heavy (non-hydrogen) atoms. The van der Waals surface area contributed by atoms with Gasteiger partial charge in [-0.3, -0.25) is 4.79 Å². The summed E-state index contributed by atoms with van der Waals surface area (Å²) in [5.41, 5.74) is 3.25. The molecule has 4 rings (SSSR count). The zero-order chi connectivity index (χ0) is 15.8. The molecule has 2 aromatic rings. The summed E-state index contributed by atoms with van der Waals surface area (Å²) < 4.78 is 0. The number of carbonyl (C=O) groups excluding carboxylic acids is 1. The number of amides is 1. The molecule has 1 fully saturated rings. The first-order valence-corrected chi connectivity index (χ1v) is 7.87. The molecule has 0 unspecified atom stereocenters. The van der Waals surface area contributed by atoms with Gasteiger partial charge in [0.1, 0.15) is 6.04 Å². The van der Waals surface area contributed by atoms with Gasteiger partial charge in [0.05, 0.1) is 18.0 Å². The van der Waals surface area contributed by atoms with Crippen LogP contribution in [0.25, 0.3) is 0 Å². The Balaban J connectivity index is 1.73. The zero-order valence-corrected chi connectivity index (χ0v) is 12.9. The molecule has 1 atom stereocenters. The summed E-state index contributed by atoms with van der Waals surface area (Å²) in [5.74, 6) is 0.155. The van der Waals surface area contributed by atoms with Crippen molar-refractivity contribution in [3.63, 3.8) is 0 Å². The van der Waals surface area contributed by atoms with Gasteiger partial charge in [0.15, 0.2) is 0 Å². The van der Waals surface area contributed by atoms with E-state index in [1.165, 1.54) is 0 Å². The number of rotatable bonds is 3. The van der Waals surface area contributed by atoms with Crippen LogP contribution < -0.4 is 14.7 Å². The van der Waals surface area contributed by atoms with Gasteiger partial charge in [0.2, 0.25) is 0 Å². The van der Waals surface area contributed by atoms with Crippen molar-refractivity contribution in [1.82, 2.24) is 0 Å². The lowest BCUT2D eigenvalue weighted by atomic mass is 10.1. The molecule has 0 aliphatic carbocycles. The molecule has 0 aromatic heterocycles. The summed E-state index contributed by atoms with van der Waals surface area (Å²) >= 11 is 0. The maximum atomic E-state index is 12.9. The van der Waals surface area contributed by atoms with E-state index < -0.39 is 0 Å². The first kappa shape index (κ1) is 13.9. The monoisotopic (exact) mass is 305 g/mol. The van der Waals surface area contributed by atoms with Crippen LogP contribution >= 0.6 is 0 Å². The SMILES string of the molecule is C=CCN1C(=O)[C@@H]2CN(c3ccccc3)CN2c2ccccc21. The van der Waals surface area contributed by atoms with Crippen molar-refractivity contribution >= 4 is 23.0 Å². The van der Waals surface area contributed by atoms with Gasteiger partial charge in [0.25, 0.3) is 5.91 Å². The second kappa shape index (κ2) is 5.47. The molecule has 0 saturated carbocycles. The van der Waals surface area contributed by atoms with Crippen LogP contribution in [0.4, 0.5) is 17.1 Å². The zero-order valence-electron chi connectivity index (χ0n) is 12.9. The minimum absolute atomic E-state index is 0.134. The van der Waals surface area contributed by atoms with E-state index in [1.807, 2.05) is 41.3 Å². The van der Waals surface area contributed by atoms with Crippen LogP contribution in [0.5, 0.6) is 0 Å². The Hall–Kier alpha value is -2.75. The number of para-hydroxylation sites is 3. The van der Waals surface area contributed by atoms with Crippen molar-refractivity contribution < 1.29 is 4.79 Å². The van der Waals surface area contributed by atoms with E-state index in [2.05, 4.69) is 34.6 Å². The summed E-state index contributed by atoms with van der Waals surface area (Å²) in [4.78, 5) is 19.3. The Labute approximate surface area is 136 Å². The first-order valence-electron chi connectivity index (χ1n) is 7.87. The fraction of sp³-hybridized carbons (Fsp3) is 0.211. The first-order chi connectivity index (χ1) is 11.3. The molecule has 1 saturated heterocycles. The van der Waals surface area contributed by atoms with E-state index in [4.69, 9.17) is 0 Å². The van der Waals surface area contributed by atoms with Gasteiger partial charge in [-0.05, 0) is 24.3 Å². The van der Waals surface area contributed by atoms with E-state index in [9.17, 15) is 4.79 Å². The van der Waals surface area contributed by atoms with Gasteiger partial charge >= 0.3 is 0 Å². The molecule has 2 heterocycles. The van der Waals surface area contributed by atoms with Gasteiger partial charge in [-0.1, -0.05) is 36.4 Å². The summed E-state index contributed by atoms with van der Waals surface area (Å²) in [7, 11) is 0. The number of hydrogen-bond acceptors (Lipinski definition) is 3. The van der Waals surface area contributed by atoms with Crippen molar-refractivity contribution in [3.8, 4) is 0 Å². The minimum atomic E-state index is -0.134. The smallest absolute Gasteiger partial charge is 0.251 e. The maximum absolute atomic E-state index is 12.9. The Bertz CT molecular complexity index is 743. The van der Waals surface area contributed by atoms with E-state index >= 15 is 0 Å². The summed E-state index contributed by atoms with van der Waals surface area (Å²) in [5, 5.41) is 0. The normalized spacial score (nSPS) is 19.6. The number of fused-ring (bicyclic) bond motifs is 3. The third kappa shape index (κ3) is 2.18. The molecule has 0 radical (unpaired) electrons. The van der Waals surface area contributed by atoms with Crippen LogP contribution in [0, 0.1) is 0 Å². The molecule has 2 aromatic carbocycles. The van der Waals surface area contributed by atoms with Crippen molar-refractivity contribution in [2.24, 2.45) is 0 Å². The van der Waals surface area contributed by atoms with Crippen LogP contribution in [-0.2, 0) is 4.79 Å². The lowest BCUT2D eigenvalue weighted by Gasteiger charge is -2.38. The van der Waals surface area contributed by atoms with Gasteiger partial charge in [-0.15, -0.1) is 6.58 Å². The van der Waals surface area contributed by atoms with E-state index in [1.54, 1.807) is 6.08 Å². The van der Waals surface area contributed by atoms with Gasteiger partial charge < -0.3 is 14.7 Å². The second-order valence-electron chi connectivity index (χ2n) is 5.91. The molecule has 2 aliphatic rings. The molecular formula is C19H19N3O. The van der Waals surface area contributed by atoms with Crippen molar-refractivity contribution in [1.29, 1.82) is 0 Å². The van der Waals surface area contributed by atoms with E-state index in [0.29, 0.717) is 13.1 Å². The summed E-state index contributed by atoms with van der Waals surface area (Å²) in [6.45, 7) is 5.79. The van der Waals surface area contributed by atoms with Crippen LogP contribution in [0.1, 0.15) is 0 Å². The Morgan fingerprint density at radius 1 is 1.04 bits per heavy atom. The number of hydrogen-bond donors (Lipinski definition) is 0. The predicted molar refractivity (Wildman–Crippen MR) is 93.9 cm³/mol. The lowest BCUT2D eigenvalue weighted by molar-refractivity contribution is -0.119. The highest BCUT2D eigenvalue weighted by Crippen LogP contribution is 2.39. The van der Waals surface area contributed by atoms with Crippen molar-refractivity contribution in [2.45, 2.75) is 6.04 Å². The number of benzene rings is 2. The average Bonchev–Trinajstić information content (AvgIpc) is 3.05. The molecule has 0 bridgehead atoms. The van der Waals surface area contributed by atoms with E-state index in [0.717, 1.165) is 23.7 Å². The molecule has 116 valence electrons. The Morgan fingerprint density at radius 3 is 2.48 bits per heavy atom. The molecule has 4 heteroatoms. The molecule has 1 amide bonds. The standard InChI is InChI=1S/C19H19N3O/c1-2-12-21-16-10-6-7-11-17(16)22-14-20(13-18(22)19(21)23)15-8-4-3-5-9-15/h2-11,18H,1,12-14H2/t18-/m0/s1. The molecule has 2 aliphatic heterocycles. The number of nitrogens with zero attached hydrogens (tertiary/aromatic N) is 3. The minimum Gasteiger partial charge on any atom is -0.351 e. The van der Waals surface area contributed by atoms with Gasteiger partial charge in [0, 0.05) is 18.8 Å². The third-order valence-corrected chi connectivity index (χ3v) is 4.56. The maximum Gasteiger partial charge on any atom is 0.251 e. The largest absolute Gasteiger partial charge is 0.351 e. The van der Waals surface area contributed by atoms with Crippen LogP contribution in [0.2, 0.25) is 0 Å². The molecule has 4 nitrogen and oxygen atoms in total. The lowest BCUT2D eigenvalue weighted by Crippen LogP contribution is -2.51. The van der Waals surface area contributed by atoms with Gasteiger partial charge in [-0.25, -0.2) is 0 Å². The third-order valence-electron chi connectivity index (χ3n) is 4.56. The number of carbonyl (C=O) groups is 1. The highest BCUT2D eigenvalue weighted by atomic mass is 16.2. The molecule has 0 spiro atoms. The molecule has 0 N–H and O–H groups in total. The highest BCUT2D eigenvalue weighted by molar-refractivity contribution is 6.06. The highest BCUT2D eigenvalue weighted by Gasteiger charge is 2.43. The quantitative estimate of drug-likeness (QED) is 0.816. The van der Waals surface area contributed by atoms with Crippen molar-refractivity contribution in [3.05, 3.63) is 67.3 Å². The van der Waals surface area contributed by atoms with Crippen LogP contribution in [-0.4, -0.2) is 31.7 Å². The fourth-order valence-electron chi connectivity index (χ4n) is 3.48. The average molecular weight is 305 g/mol. The van der Waals surface area contributed by atoms with Crippen molar-refractivity contribution in [2.75, 3.05) is 34.5 Å². The Morgan fingerprint density at radius 2 is 1.74 bits per heavy atom. The van der Waals surface area contributed by atoms with Crippen LogP contribution in [0.3, 0.4) is 0 Å². The topological polar surface area (TPSA) is 26.8 Å². The summed E-state index contributed by atoms with van der Waals surface area (Å²) in [6.07, 6.45) is 1.79. The summed E-state index contributed by atoms with van der Waals surface area (Å²) in [6, 6.07) is 18.3. The number of anilines is 3. The Kier molecular flexibility index (Phi) is 3.30. The predicted octanol–water partition coefficient (Wildman–Crippen LogP) is 2.87. The second-order valence-corrected chi connectivity index (χ2v) is 5.91. The van der Waals surface area contributed by atoms with Crippen LogP contribution in [0.15, 0.2) is 67.3 Å². The molecular weight excluding hydrogens is 286 g/mol. The van der Waals surface area contributed by atoms with E-state index in [-0.39, 0.29) is 11.9 Å². The van der Waals surface area contributed by atoms with Gasteiger partial charge in [-0.2, -0.15) is 0 Å². The fourth-order valence-corrected chi connectivity index (χ4v) is 3.48.